The molecule has 0 fully saturated rings. The van der Waals surface area contributed by atoms with Crippen LogP contribution in [0.4, 0.5) is 0 Å². The van der Waals surface area contributed by atoms with Crippen molar-refractivity contribution in [2.45, 2.75) is 12.5 Å². The van der Waals surface area contributed by atoms with Crippen molar-refractivity contribution in [3.63, 3.8) is 0 Å². The van der Waals surface area contributed by atoms with Crippen LogP contribution in [-0.4, -0.2) is 5.91 Å². The maximum atomic E-state index is 10.7. The van der Waals surface area contributed by atoms with Crippen LogP contribution < -0.4 is 11.5 Å². The number of carbonyl (C=O) groups is 1. The lowest BCUT2D eigenvalue weighted by molar-refractivity contribution is -0.118. The predicted molar refractivity (Wildman–Crippen MR) is 59.9 cm³/mol. The molecule has 0 spiro atoms. The van der Waals surface area contributed by atoms with Crippen LogP contribution in [0.25, 0.3) is 0 Å². The Morgan fingerprint density at radius 2 is 2.21 bits per heavy atom. The van der Waals surface area contributed by atoms with Crippen LogP contribution in [-0.2, 0) is 4.79 Å². The fraction of sp³-hybridized carbons (Fsp3) is 0.222. The molecule has 1 amide bonds. The second kappa shape index (κ2) is 4.77. The number of hydrogen-bond donors (Lipinski definition) is 2. The molecule has 5 heteroatoms. The number of halogens is 2. The molecule has 0 unspecified atom stereocenters. The molecule has 14 heavy (non-hydrogen) atoms. The van der Waals surface area contributed by atoms with Gasteiger partial charge >= 0.3 is 0 Å². The first-order chi connectivity index (χ1) is 6.50. The van der Waals surface area contributed by atoms with E-state index in [2.05, 4.69) is 15.9 Å². The fourth-order valence-corrected chi connectivity index (χ4v) is 2.11. The zero-order chi connectivity index (χ0) is 10.7. The summed E-state index contributed by atoms with van der Waals surface area (Å²) in [4.78, 5) is 10.7. The maximum absolute atomic E-state index is 10.7. The van der Waals surface area contributed by atoms with Gasteiger partial charge in [0.15, 0.2) is 0 Å². The second-order valence-electron chi connectivity index (χ2n) is 2.94. The van der Waals surface area contributed by atoms with Gasteiger partial charge in [-0.15, -0.1) is 0 Å². The van der Waals surface area contributed by atoms with E-state index in [1.807, 2.05) is 0 Å². The van der Waals surface area contributed by atoms with E-state index < -0.39 is 5.91 Å². The first-order valence-electron chi connectivity index (χ1n) is 3.99. The van der Waals surface area contributed by atoms with Crippen molar-refractivity contribution in [3.8, 4) is 0 Å². The molecule has 1 aromatic rings. The highest BCUT2D eigenvalue weighted by molar-refractivity contribution is 9.10. The average Bonchev–Trinajstić information content (AvgIpc) is 2.01. The molecule has 0 aliphatic heterocycles. The Morgan fingerprint density at radius 3 is 2.71 bits per heavy atom. The number of nitrogens with two attached hydrogens (primary N) is 2. The molecule has 4 N–H and O–H groups in total. The number of primary amides is 1. The molecular formula is C9H10BrClN2O. The molecule has 0 saturated carbocycles. The first kappa shape index (κ1) is 11.5. The van der Waals surface area contributed by atoms with Crippen molar-refractivity contribution in [2.24, 2.45) is 11.5 Å². The fourth-order valence-electron chi connectivity index (χ4n) is 1.13. The third-order valence-electron chi connectivity index (χ3n) is 1.78. The van der Waals surface area contributed by atoms with Gasteiger partial charge in [-0.05, 0) is 17.7 Å². The molecule has 0 bridgehead atoms. The van der Waals surface area contributed by atoms with E-state index >= 15 is 0 Å². The first-order valence-corrected chi connectivity index (χ1v) is 5.16. The Morgan fingerprint density at radius 1 is 1.57 bits per heavy atom. The summed E-state index contributed by atoms with van der Waals surface area (Å²) in [6, 6.07) is 4.85. The van der Waals surface area contributed by atoms with Crippen LogP contribution >= 0.6 is 27.5 Å². The van der Waals surface area contributed by atoms with Crippen molar-refractivity contribution in [3.05, 3.63) is 33.3 Å². The summed E-state index contributed by atoms with van der Waals surface area (Å²) in [5, 5.41) is 0.618. The van der Waals surface area contributed by atoms with E-state index in [1.54, 1.807) is 18.2 Å². The summed E-state index contributed by atoms with van der Waals surface area (Å²) in [5.41, 5.74) is 11.7. The molecule has 1 aromatic carbocycles. The predicted octanol–water partition coefficient (Wildman–Crippen LogP) is 1.98. The van der Waals surface area contributed by atoms with Crippen molar-refractivity contribution < 1.29 is 4.79 Å². The summed E-state index contributed by atoms with van der Waals surface area (Å²) in [5.74, 6) is -0.417. The number of amides is 1. The van der Waals surface area contributed by atoms with Crippen LogP contribution in [0.15, 0.2) is 22.7 Å². The van der Waals surface area contributed by atoms with Crippen LogP contribution in [0.2, 0.25) is 5.02 Å². The van der Waals surface area contributed by atoms with E-state index in [-0.39, 0.29) is 12.5 Å². The van der Waals surface area contributed by atoms with Gasteiger partial charge in [0.25, 0.3) is 0 Å². The van der Waals surface area contributed by atoms with Gasteiger partial charge in [0.1, 0.15) is 0 Å². The standard InChI is InChI=1S/C9H10BrClN2O/c10-7-3-5(11)1-2-6(7)8(12)4-9(13)14/h1-3,8H,4,12H2,(H2,13,14)/t8-/m0/s1. The van der Waals surface area contributed by atoms with Crippen molar-refractivity contribution in [1.29, 1.82) is 0 Å². The smallest absolute Gasteiger partial charge is 0.219 e. The minimum absolute atomic E-state index is 0.125. The van der Waals surface area contributed by atoms with Gasteiger partial charge in [0, 0.05) is 22.0 Å². The van der Waals surface area contributed by atoms with E-state index in [0.717, 1.165) is 10.0 Å². The summed E-state index contributed by atoms with van der Waals surface area (Å²) in [7, 11) is 0. The van der Waals surface area contributed by atoms with Gasteiger partial charge in [-0.3, -0.25) is 4.79 Å². The second-order valence-corrected chi connectivity index (χ2v) is 4.23. The summed E-state index contributed by atoms with van der Waals surface area (Å²) in [6.07, 6.45) is 0.125. The van der Waals surface area contributed by atoms with E-state index in [0.29, 0.717) is 5.02 Å². The lowest BCUT2D eigenvalue weighted by atomic mass is 10.0. The highest BCUT2D eigenvalue weighted by Crippen LogP contribution is 2.26. The lowest BCUT2D eigenvalue weighted by Gasteiger charge is -2.11. The maximum Gasteiger partial charge on any atom is 0.219 e. The Hall–Kier alpha value is -0.580. The molecule has 1 rings (SSSR count). The van der Waals surface area contributed by atoms with Crippen molar-refractivity contribution in [1.82, 2.24) is 0 Å². The van der Waals surface area contributed by atoms with Crippen LogP contribution in [0, 0.1) is 0 Å². The molecule has 0 heterocycles. The molecule has 0 radical (unpaired) electrons. The number of benzene rings is 1. The Kier molecular flexibility index (Phi) is 3.92. The monoisotopic (exact) mass is 276 g/mol. The third kappa shape index (κ3) is 2.97. The minimum Gasteiger partial charge on any atom is -0.370 e. The van der Waals surface area contributed by atoms with Crippen LogP contribution in [0.5, 0.6) is 0 Å². The SMILES string of the molecule is NC(=O)C[C@H](N)c1ccc(Cl)cc1Br. The molecule has 0 saturated heterocycles. The lowest BCUT2D eigenvalue weighted by Crippen LogP contribution is -2.20. The topological polar surface area (TPSA) is 69.1 Å². The summed E-state index contributed by atoms with van der Waals surface area (Å²) < 4.78 is 0.791. The van der Waals surface area contributed by atoms with Crippen LogP contribution in [0.3, 0.4) is 0 Å². The largest absolute Gasteiger partial charge is 0.370 e. The van der Waals surface area contributed by atoms with E-state index in [4.69, 9.17) is 23.1 Å². The number of rotatable bonds is 3. The van der Waals surface area contributed by atoms with E-state index in [1.165, 1.54) is 0 Å². The molecule has 1 atom stereocenters. The normalized spacial score (nSPS) is 12.5. The van der Waals surface area contributed by atoms with Gasteiger partial charge in [0.2, 0.25) is 5.91 Å². The highest BCUT2D eigenvalue weighted by Gasteiger charge is 2.12. The van der Waals surface area contributed by atoms with Gasteiger partial charge in [0.05, 0.1) is 0 Å². The molecule has 0 aliphatic rings. The van der Waals surface area contributed by atoms with Gasteiger partial charge < -0.3 is 11.5 Å². The van der Waals surface area contributed by atoms with Crippen LogP contribution in [0.1, 0.15) is 18.0 Å². The number of carbonyl (C=O) groups excluding carboxylic acids is 1. The summed E-state index contributed by atoms with van der Waals surface area (Å²) in [6.45, 7) is 0. The Bertz CT molecular complexity index is 357. The molecular weight excluding hydrogens is 267 g/mol. The highest BCUT2D eigenvalue weighted by atomic mass is 79.9. The van der Waals surface area contributed by atoms with Gasteiger partial charge in [-0.25, -0.2) is 0 Å². The third-order valence-corrected chi connectivity index (χ3v) is 2.70. The molecule has 0 aliphatic carbocycles. The molecule has 3 nitrogen and oxygen atoms in total. The van der Waals surface area contributed by atoms with Gasteiger partial charge in [-0.2, -0.15) is 0 Å². The quantitative estimate of drug-likeness (QED) is 0.887. The zero-order valence-electron chi connectivity index (χ0n) is 7.34. The Labute approximate surface area is 95.5 Å². The van der Waals surface area contributed by atoms with Gasteiger partial charge in [-0.1, -0.05) is 33.6 Å². The minimum atomic E-state index is -0.417. The summed E-state index contributed by atoms with van der Waals surface area (Å²) >= 11 is 9.09. The molecule has 0 aromatic heterocycles. The molecule has 76 valence electrons. The van der Waals surface area contributed by atoms with Crippen molar-refractivity contribution in [2.75, 3.05) is 0 Å². The van der Waals surface area contributed by atoms with E-state index in [9.17, 15) is 4.79 Å². The Balaban J connectivity index is 2.90. The van der Waals surface area contributed by atoms with Crippen molar-refractivity contribution >= 4 is 33.4 Å². The number of hydrogen-bond acceptors (Lipinski definition) is 2. The average molecular weight is 278 g/mol. The zero-order valence-corrected chi connectivity index (χ0v) is 9.68.